The second-order valence-corrected chi connectivity index (χ2v) is 8.59. The number of para-hydroxylation sites is 2. The highest BCUT2D eigenvalue weighted by Gasteiger charge is 2.77. The molecule has 164 valence electrons. The van der Waals surface area contributed by atoms with Gasteiger partial charge in [-0.05, 0) is 23.3 Å². The molecule has 0 saturated carbocycles. The second kappa shape index (κ2) is 6.76. The summed E-state index contributed by atoms with van der Waals surface area (Å²) < 4.78 is 5.17. The normalized spacial score (nSPS) is 29.0. The Bertz CT molecular complexity index is 1320. The SMILES string of the molecule is COC(=O)[C@@H]1N[C@@]2(C(=O)Nc3ccccc32)[C@]2(C(=O)Nc3ccccc32)[C@H]1c1ccccc1. The van der Waals surface area contributed by atoms with E-state index < -0.39 is 28.9 Å². The van der Waals surface area contributed by atoms with E-state index in [1.165, 1.54) is 7.11 Å². The lowest BCUT2D eigenvalue weighted by atomic mass is 9.57. The summed E-state index contributed by atoms with van der Waals surface area (Å²) in [4.78, 5) is 41.2. The summed E-state index contributed by atoms with van der Waals surface area (Å²) in [6, 6.07) is 23.1. The first-order valence-electron chi connectivity index (χ1n) is 10.8. The molecule has 7 nitrogen and oxygen atoms in total. The van der Waals surface area contributed by atoms with Crippen LogP contribution in [0, 0.1) is 0 Å². The van der Waals surface area contributed by atoms with Crippen LogP contribution in [-0.2, 0) is 30.1 Å². The molecule has 3 heterocycles. The van der Waals surface area contributed by atoms with Crippen LogP contribution in [0.1, 0.15) is 22.6 Å². The van der Waals surface area contributed by atoms with Crippen molar-refractivity contribution in [3.8, 4) is 0 Å². The first kappa shape index (κ1) is 19.7. The van der Waals surface area contributed by atoms with Crippen molar-refractivity contribution < 1.29 is 19.1 Å². The summed E-state index contributed by atoms with van der Waals surface area (Å²) in [6.07, 6.45) is 0. The molecule has 3 aromatic carbocycles. The molecule has 3 aliphatic heterocycles. The minimum atomic E-state index is -1.51. The summed E-state index contributed by atoms with van der Waals surface area (Å²) in [7, 11) is 1.31. The molecule has 33 heavy (non-hydrogen) atoms. The molecule has 2 spiro atoms. The lowest BCUT2D eigenvalue weighted by Crippen LogP contribution is -2.60. The van der Waals surface area contributed by atoms with Crippen LogP contribution in [0.5, 0.6) is 0 Å². The molecular formula is C26H21N3O4. The highest BCUT2D eigenvalue weighted by Crippen LogP contribution is 2.64. The number of anilines is 2. The molecule has 0 aliphatic carbocycles. The molecule has 1 saturated heterocycles. The van der Waals surface area contributed by atoms with Crippen molar-refractivity contribution in [2.45, 2.75) is 22.9 Å². The van der Waals surface area contributed by atoms with Gasteiger partial charge in [-0.15, -0.1) is 0 Å². The fraction of sp³-hybridized carbons (Fsp3) is 0.192. The predicted octanol–water partition coefficient (Wildman–Crippen LogP) is 2.65. The third-order valence-electron chi connectivity index (χ3n) is 7.26. The molecule has 3 N–H and O–H groups in total. The van der Waals surface area contributed by atoms with Crippen LogP contribution in [0.4, 0.5) is 11.4 Å². The summed E-state index contributed by atoms with van der Waals surface area (Å²) in [6.45, 7) is 0. The first-order chi connectivity index (χ1) is 16.1. The number of ether oxygens (including phenoxy) is 1. The molecule has 2 amide bonds. The van der Waals surface area contributed by atoms with Crippen molar-refractivity contribution in [2.24, 2.45) is 0 Å². The summed E-state index contributed by atoms with van der Waals surface area (Å²) in [5, 5.41) is 9.28. The van der Waals surface area contributed by atoms with Gasteiger partial charge in [0, 0.05) is 22.9 Å². The lowest BCUT2D eigenvalue weighted by molar-refractivity contribution is -0.143. The maximum Gasteiger partial charge on any atom is 0.323 e. The fourth-order valence-electron chi connectivity index (χ4n) is 6.09. The first-order valence-corrected chi connectivity index (χ1v) is 10.8. The average molecular weight is 439 g/mol. The van der Waals surface area contributed by atoms with Crippen LogP contribution in [0.3, 0.4) is 0 Å². The maximum absolute atomic E-state index is 14.1. The third-order valence-corrected chi connectivity index (χ3v) is 7.26. The molecule has 4 atom stereocenters. The van der Waals surface area contributed by atoms with E-state index in [4.69, 9.17) is 4.74 Å². The van der Waals surface area contributed by atoms with Crippen molar-refractivity contribution >= 4 is 29.2 Å². The van der Waals surface area contributed by atoms with Crippen LogP contribution < -0.4 is 16.0 Å². The summed E-state index contributed by atoms with van der Waals surface area (Å²) in [5.74, 6) is -1.94. The Morgan fingerprint density at radius 1 is 0.788 bits per heavy atom. The molecular weight excluding hydrogens is 418 g/mol. The minimum Gasteiger partial charge on any atom is -0.468 e. The van der Waals surface area contributed by atoms with Gasteiger partial charge in [0.25, 0.3) is 5.91 Å². The van der Waals surface area contributed by atoms with Gasteiger partial charge in [0.1, 0.15) is 17.0 Å². The fourth-order valence-corrected chi connectivity index (χ4v) is 6.09. The monoisotopic (exact) mass is 439 g/mol. The number of esters is 1. The molecule has 3 aromatic rings. The number of hydrogen-bond donors (Lipinski definition) is 3. The van der Waals surface area contributed by atoms with Gasteiger partial charge in [0.05, 0.1) is 7.11 Å². The van der Waals surface area contributed by atoms with Gasteiger partial charge in [-0.1, -0.05) is 66.7 Å². The zero-order valence-corrected chi connectivity index (χ0v) is 17.8. The van der Waals surface area contributed by atoms with Gasteiger partial charge in [-0.25, -0.2) is 0 Å². The molecule has 6 rings (SSSR count). The highest BCUT2D eigenvalue weighted by atomic mass is 16.5. The second-order valence-electron chi connectivity index (χ2n) is 8.59. The molecule has 1 fully saturated rings. The molecule has 3 aliphatic rings. The number of benzene rings is 3. The number of nitrogens with one attached hydrogen (secondary N) is 3. The number of carbonyl (C=O) groups is 3. The van der Waals surface area contributed by atoms with Crippen LogP contribution in [-0.4, -0.2) is 30.9 Å². The Morgan fingerprint density at radius 3 is 2.06 bits per heavy atom. The van der Waals surface area contributed by atoms with E-state index in [1.54, 1.807) is 6.07 Å². The zero-order valence-electron chi connectivity index (χ0n) is 17.8. The average Bonchev–Trinajstić information content (AvgIpc) is 3.44. The molecule has 0 unspecified atom stereocenters. The number of methoxy groups -OCH3 is 1. The maximum atomic E-state index is 14.1. The Balaban J connectivity index is 1.76. The largest absolute Gasteiger partial charge is 0.468 e. The van der Waals surface area contributed by atoms with E-state index in [9.17, 15) is 14.4 Å². The number of hydrogen-bond acceptors (Lipinski definition) is 5. The van der Waals surface area contributed by atoms with E-state index >= 15 is 0 Å². The molecule has 0 radical (unpaired) electrons. The van der Waals surface area contributed by atoms with Gasteiger partial charge in [-0.2, -0.15) is 0 Å². The number of rotatable bonds is 2. The minimum absolute atomic E-state index is 0.330. The van der Waals surface area contributed by atoms with Crippen LogP contribution in [0.15, 0.2) is 78.9 Å². The topological polar surface area (TPSA) is 96.5 Å². The van der Waals surface area contributed by atoms with Gasteiger partial charge < -0.3 is 15.4 Å². The molecule has 0 bridgehead atoms. The van der Waals surface area contributed by atoms with E-state index in [0.29, 0.717) is 22.5 Å². The van der Waals surface area contributed by atoms with Crippen LogP contribution >= 0.6 is 0 Å². The standard InChI is InChI=1S/C26H21N3O4/c1-33-22(30)21-20(15-9-3-2-4-10-15)25(16-11-5-7-13-18(16)27-23(25)31)26(29-21)17-12-6-8-14-19(17)28-24(26)32/h2-14,20-21,29H,1H3,(H,27,31)(H,28,32)/t20-,21+,25-,26-/m0/s1. The predicted molar refractivity (Wildman–Crippen MR) is 122 cm³/mol. The molecule has 0 aromatic heterocycles. The number of carbonyl (C=O) groups excluding carboxylic acids is 3. The van der Waals surface area contributed by atoms with Crippen molar-refractivity contribution in [3.63, 3.8) is 0 Å². The van der Waals surface area contributed by atoms with E-state index in [2.05, 4.69) is 16.0 Å². The quantitative estimate of drug-likeness (QED) is 0.534. The van der Waals surface area contributed by atoms with Crippen molar-refractivity contribution in [3.05, 3.63) is 95.6 Å². The van der Waals surface area contributed by atoms with Crippen molar-refractivity contribution in [1.82, 2.24) is 5.32 Å². The van der Waals surface area contributed by atoms with Crippen LogP contribution in [0.2, 0.25) is 0 Å². The lowest BCUT2D eigenvalue weighted by Gasteiger charge is -2.40. The Kier molecular flexibility index (Phi) is 4.04. The Morgan fingerprint density at radius 2 is 1.36 bits per heavy atom. The van der Waals surface area contributed by atoms with Gasteiger partial charge in [0.15, 0.2) is 0 Å². The third kappa shape index (κ3) is 2.24. The number of amides is 2. The van der Waals surface area contributed by atoms with Crippen molar-refractivity contribution in [2.75, 3.05) is 17.7 Å². The summed E-state index contributed by atoms with van der Waals surface area (Å²) in [5.41, 5.74) is 0.376. The Hall–Kier alpha value is -3.97. The van der Waals surface area contributed by atoms with Gasteiger partial charge >= 0.3 is 5.97 Å². The van der Waals surface area contributed by atoms with Crippen molar-refractivity contribution in [1.29, 1.82) is 0 Å². The number of fused-ring (bicyclic) bond motifs is 5. The zero-order chi connectivity index (χ0) is 22.8. The van der Waals surface area contributed by atoms with Gasteiger partial charge in [-0.3, -0.25) is 19.7 Å². The Labute approximate surface area is 190 Å². The summed E-state index contributed by atoms with van der Waals surface area (Å²) >= 11 is 0. The van der Waals surface area contributed by atoms with Gasteiger partial charge in [0.2, 0.25) is 5.91 Å². The van der Waals surface area contributed by atoms with E-state index in [0.717, 1.165) is 5.56 Å². The van der Waals surface area contributed by atoms with E-state index in [1.807, 2.05) is 72.8 Å². The van der Waals surface area contributed by atoms with Crippen LogP contribution in [0.25, 0.3) is 0 Å². The highest BCUT2D eigenvalue weighted by molar-refractivity contribution is 6.19. The van der Waals surface area contributed by atoms with E-state index in [-0.39, 0.29) is 11.8 Å². The smallest absolute Gasteiger partial charge is 0.323 e. The molecule has 7 heteroatoms.